The number of hydrogen-bond acceptors (Lipinski definition) is 11. The standard InChI is InChI=1S/C28H42N2O10/c1-17(2)13-36-23-15-35-14-21(28(33)39-18(3)25(23)40-20-9-7-6-8-10-20)30-27(32)24-26(38-16-37-19(4)31)22(34-5)11-12-29-24/h11-12,17-18,20-21,23,25H,6-10,13-16H2,1-5H3,(H,30,32)/t18-,21-,23-,25-/m0/s1. The average Bonchev–Trinajstić information content (AvgIpc) is 2.97. The van der Waals surface area contributed by atoms with Crippen molar-refractivity contribution in [3.05, 3.63) is 18.0 Å². The van der Waals surface area contributed by atoms with Gasteiger partial charge in [-0.05, 0) is 25.7 Å². The van der Waals surface area contributed by atoms with Gasteiger partial charge >= 0.3 is 11.9 Å². The molecule has 1 saturated carbocycles. The summed E-state index contributed by atoms with van der Waals surface area (Å²) in [4.78, 5) is 41.7. The van der Waals surface area contributed by atoms with E-state index in [1.165, 1.54) is 32.7 Å². The molecule has 0 spiro atoms. The maximum absolute atomic E-state index is 13.2. The first-order chi connectivity index (χ1) is 19.2. The van der Waals surface area contributed by atoms with Gasteiger partial charge in [-0.2, -0.15) is 0 Å². The van der Waals surface area contributed by atoms with E-state index in [1.807, 2.05) is 0 Å². The van der Waals surface area contributed by atoms with Gasteiger partial charge in [0.15, 0.2) is 23.2 Å². The third-order valence-corrected chi connectivity index (χ3v) is 6.60. The Morgan fingerprint density at radius 2 is 1.93 bits per heavy atom. The number of esters is 2. The molecule has 224 valence electrons. The van der Waals surface area contributed by atoms with Crippen LogP contribution in [0.25, 0.3) is 0 Å². The molecule has 12 nitrogen and oxygen atoms in total. The fraction of sp³-hybridized carbons (Fsp3) is 0.714. The lowest BCUT2D eigenvalue weighted by Crippen LogP contribution is -2.48. The van der Waals surface area contributed by atoms with E-state index in [0.717, 1.165) is 25.7 Å². The zero-order valence-electron chi connectivity index (χ0n) is 24.0. The predicted molar refractivity (Wildman–Crippen MR) is 142 cm³/mol. The molecule has 2 heterocycles. The monoisotopic (exact) mass is 566 g/mol. The number of pyridine rings is 1. The van der Waals surface area contributed by atoms with Crippen LogP contribution >= 0.6 is 0 Å². The minimum atomic E-state index is -1.14. The van der Waals surface area contributed by atoms with Crippen LogP contribution in [0.4, 0.5) is 0 Å². The number of carbonyl (C=O) groups excluding carboxylic acids is 3. The molecule has 2 aliphatic rings. The summed E-state index contributed by atoms with van der Waals surface area (Å²) in [6.07, 6.45) is 5.06. The van der Waals surface area contributed by atoms with Crippen molar-refractivity contribution in [2.75, 3.05) is 33.7 Å². The molecule has 4 atom stereocenters. The van der Waals surface area contributed by atoms with Crippen LogP contribution in [0, 0.1) is 5.92 Å². The van der Waals surface area contributed by atoms with Gasteiger partial charge in [-0.1, -0.05) is 33.1 Å². The summed E-state index contributed by atoms with van der Waals surface area (Å²) in [6, 6.07) is 0.353. The van der Waals surface area contributed by atoms with Crippen molar-refractivity contribution >= 4 is 17.8 Å². The van der Waals surface area contributed by atoms with Crippen molar-refractivity contribution in [3.8, 4) is 11.5 Å². The van der Waals surface area contributed by atoms with Crippen LogP contribution in [0.2, 0.25) is 0 Å². The molecule has 1 N–H and O–H groups in total. The van der Waals surface area contributed by atoms with Gasteiger partial charge in [0.05, 0.1) is 26.4 Å². The van der Waals surface area contributed by atoms with Crippen LogP contribution in [0.1, 0.15) is 70.3 Å². The summed E-state index contributed by atoms with van der Waals surface area (Å²) < 4.78 is 39.9. The first kappa shape index (κ1) is 31.6. The number of amides is 1. The molecule has 1 aromatic rings. The molecule has 1 aliphatic heterocycles. The molecule has 1 amide bonds. The third-order valence-electron chi connectivity index (χ3n) is 6.60. The van der Waals surface area contributed by atoms with Gasteiger partial charge in [0, 0.05) is 25.8 Å². The number of hydrogen-bond donors (Lipinski definition) is 1. The molecule has 1 aromatic heterocycles. The number of aromatic nitrogens is 1. The van der Waals surface area contributed by atoms with E-state index in [2.05, 4.69) is 24.1 Å². The number of cyclic esters (lactones) is 1. The van der Waals surface area contributed by atoms with Crippen LogP contribution < -0.4 is 14.8 Å². The van der Waals surface area contributed by atoms with E-state index in [4.69, 9.17) is 33.2 Å². The average molecular weight is 567 g/mol. The van der Waals surface area contributed by atoms with Gasteiger partial charge in [-0.3, -0.25) is 9.59 Å². The lowest BCUT2D eigenvalue weighted by Gasteiger charge is -2.35. The Balaban J connectivity index is 1.75. The molecule has 40 heavy (non-hydrogen) atoms. The summed E-state index contributed by atoms with van der Waals surface area (Å²) >= 11 is 0. The van der Waals surface area contributed by atoms with Crippen LogP contribution in [0.15, 0.2) is 12.3 Å². The highest BCUT2D eigenvalue weighted by Gasteiger charge is 2.38. The van der Waals surface area contributed by atoms with E-state index >= 15 is 0 Å². The Hall–Kier alpha value is -2.96. The fourth-order valence-electron chi connectivity index (χ4n) is 4.57. The topological polar surface area (TPSA) is 141 Å². The Morgan fingerprint density at radius 1 is 1.18 bits per heavy atom. The van der Waals surface area contributed by atoms with Crippen molar-refractivity contribution in [1.29, 1.82) is 0 Å². The normalized spacial score (nSPS) is 24.3. The van der Waals surface area contributed by atoms with E-state index in [0.29, 0.717) is 12.5 Å². The highest BCUT2D eigenvalue weighted by molar-refractivity contribution is 5.98. The molecule has 3 rings (SSSR count). The molecule has 1 saturated heterocycles. The molecule has 0 bridgehead atoms. The van der Waals surface area contributed by atoms with Crippen LogP contribution in [0.5, 0.6) is 11.5 Å². The molecular formula is C28H42N2O10. The summed E-state index contributed by atoms with van der Waals surface area (Å²) in [5.74, 6) is -1.51. The van der Waals surface area contributed by atoms with Gasteiger partial charge in [0.1, 0.15) is 18.3 Å². The van der Waals surface area contributed by atoms with Crippen molar-refractivity contribution < 1.29 is 47.5 Å². The van der Waals surface area contributed by atoms with Gasteiger partial charge in [0.25, 0.3) is 5.91 Å². The highest BCUT2D eigenvalue weighted by Crippen LogP contribution is 2.30. The first-order valence-corrected chi connectivity index (χ1v) is 13.8. The van der Waals surface area contributed by atoms with Crippen LogP contribution in [-0.4, -0.2) is 87.0 Å². The molecule has 0 unspecified atom stereocenters. The largest absolute Gasteiger partial charge is 0.493 e. The van der Waals surface area contributed by atoms with Crippen LogP contribution in [-0.2, 0) is 33.3 Å². The second-order valence-electron chi connectivity index (χ2n) is 10.4. The van der Waals surface area contributed by atoms with Gasteiger partial charge in [-0.25, -0.2) is 9.78 Å². The number of rotatable bonds is 11. The Kier molecular flexibility index (Phi) is 12.4. The van der Waals surface area contributed by atoms with Gasteiger partial charge in [-0.15, -0.1) is 0 Å². The molecule has 0 aromatic carbocycles. The van der Waals surface area contributed by atoms with Gasteiger partial charge < -0.3 is 38.5 Å². The van der Waals surface area contributed by atoms with Gasteiger partial charge in [0.2, 0.25) is 6.79 Å². The molecular weight excluding hydrogens is 524 g/mol. The quantitative estimate of drug-likeness (QED) is 0.312. The molecule has 2 fully saturated rings. The zero-order valence-corrected chi connectivity index (χ0v) is 24.0. The number of nitrogens with zero attached hydrogens (tertiary/aromatic N) is 1. The zero-order chi connectivity index (χ0) is 29.1. The van der Waals surface area contributed by atoms with Crippen LogP contribution in [0.3, 0.4) is 0 Å². The van der Waals surface area contributed by atoms with E-state index in [1.54, 1.807) is 6.92 Å². The third kappa shape index (κ3) is 9.31. The minimum Gasteiger partial charge on any atom is -0.493 e. The van der Waals surface area contributed by atoms with E-state index in [-0.39, 0.29) is 36.5 Å². The number of nitrogens with one attached hydrogen (secondary N) is 1. The van der Waals surface area contributed by atoms with Crippen molar-refractivity contribution in [2.45, 2.75) is 90.3 Å². The number of ether oxygens (including phenoxy) is 7. The summed E-state index contributed by atoms with van der Waals surface area (Å²) in [6.45, 7) is 7.16. The lowest BCUT2D eigenvalue weighted by molar-refractivity contribution is -0.180. The Bertz CT molecular complexity index is 982. The van der Waals surface area contributed by atoms with Crippen molar-refractivity contribution in [2.24, 2.45) is 5.92 Å². The lowest BCUT2D eigenvalue weighted by atomic mass is 9.97. The number of carbonyl (C=O) groups is 3. The fourth-order valence-corrected chi connectivity index (χ4v) is 4.57. The van der Waals surface area contributed by atoms with Crippen molar-refractivity contribution in [3.63, 3.8) is 0 Å². The van der Waals surface area contributed by atoms with E-state index in [9.17, 15) is 14.4 Å². The second-order valence-corrected chi connectivity index (χ2v) is 10.4. The summed E-state index contributed by atoms with van der Waals surface area (Å²) in [5, 5.41) is 2.63. The molecule has 0 radical (unpaired) electrons. The first-order valence-electron chi connectivity index (χ1n) is 13.8. The maximum Gasteiger partial charge on any atom is 0.331 e. The summed E-state index contributed by atoms with van der Waals surface area (Å²) in [7, 11) is 1.39. The van der Waals surface area contributed by atoms with Crippen molar-refractivity contribution in [1.82, 2.24) is 10.3 Å². The Morgan fingerprint density at radius 3 is 2.60 bits per heavy atom. The number of methoxy groups -OCH3 is 1. The minimum absolute atomic E-state index is 0.0439. The Labute approximate surface area is 235 Å². The molecule has 12 heteroatoms. The smallest absolute Gasteiger partial charge is 0.331 e. The maximum atomic E-state index is 13.2. The predicted octanol–water partition coefficient (Wildman–Crippen LogP) is 2.81. The second kappa shape index (κ2) is 15.7. The molecule has 1 aliphatic carbocycles. The summed E-state index contributed by atoms with van der Waals surface area (Å²) in [5.41, 5.74) is -0.163. The van der Waals surface area contributed by atoms with E-state index < -0.39 is 49.0 Å². The highest BCUT2D eigenvalue weighted by atomic mass is 16.7. The SMILES string of the molecule is COc1ccnc(C(=O)N[C@H]2COC[C@H](OCC(C)C)[C@@H](OC3CCCCC3)[C@H](C)OC2=O)c1OCOC(C)=O.